The van der Waals surface area contributed by atoms with Crippen molar-refractivity contribution < 1.29 is 14.7 Å². The van der Waals surface area contributed by atoms with E-state index >= 15 is 0 Å². The van der Waals surface area contributed by atoms with E-state index in [0.717, 1.165) is 36.8 Å². The molecule has 0 unspecified atom stereocenters. The Kier molecular flexibility index (Phi) is 5.58. The summed E-state index contributed by atoms with van der Waals surface area (Å²) in [6.45, 7) is 4.05. The largest absolute Gasteiger partial charge is 0.394 e. The van der Waals surface area contributed by atoms with Crippen molar-refractivity contribution in [3.05, 3.63) is 35.4 Å². The highest BCUT2D eigenvalue weighted by Crippen LogP contribution is 2.19. The topological polar surface area (TPSA) is 72.9 Å². The van der Waals surface area contributed by atoms with Crippen LogP contribution in [0.2, 0.25) is 0 Å². The number of carbonyl (C=O) groups excluding carboxylic acids is 2. The first kappa shape index (κ1) is 17.7. The van der Waals surface area contributed by atoms with E-state index < -0.39 is 0 Å². The maximum Gasteiger partial charge on any atom is 0.317 e. The third-order valence-corrected chi connectivity index (χ3v) is 5.26. The number of nitrogens with one attached hydrogen (secondary N) is 1. The van der Waals surface area contributed by atoms with Crippen molar-refractivity contribution in [2.45, 2.75) is 44.7 Å². The third kappa shape index (κ3) is 4.12. The van der Waals surface area contributed by atoms with E-state index in [0.29, 0.717) is 19.6 Å². The van der Waals surface area contributed by atoms with Crippen LogP contribution in [0.3, 0.4) is 0 Å². The van der Waals surface area contributed by atoms with Gasteiger partial charge in [-0.25, -0.2) is 4.79 Å². The highest BCUT2D eigenvalue weighted by molar-refractivity contribution is 5.94. The van der Waals surface area contributed by atoms with Crippen LogP contribution in [-0.2, 0) is 0 Å². The first-order valence-electron chi connectivity index (χ1n) is 9.12. The molecule has 1 aromatic rings. The lowest BCUT2D eigenvalue weighted by atomic mass is 10.0. The van der Waals surface area contributed by atoms with E-state index in [1.54, 1.807) is 4.90 Å². The van der Waals surface area contributed by atoms with E-state index in [9.17, 15) is 14.7 Å². The maximum absolute atomic E-state index is 12.5. The molecule has 2 N–H and O–H groups in total. The lowest BCUT2D eigenvalue weighted by Gasteiger charge is -2.34. The second-order valence-corrected chi connectivity index (χ2v) is 7.05. The van der Waals surface area contributed by atoms with Crippen LogP contribution < -0.4 is 5.32 Å². The molecule has 136 valence electrons. The maximum atomic E-state index is 12.5. The Morgan fingerprint density at radius 1 is 1.12 bits per heavy atom. The number of hydrogen-bond acceptors (Lipinski definition) is 3. The van der Waals surface area contributed by atoms with Crippen molar-refractivity contribution in [2.24, 2.45) is 0 Å². The number of hydrogen-bond donors (Lipinski definition) is 2. The van der Waals surface area contributed by atoms with Crippen molar-refractivity contribution in [3.63, 3.8) is 0 Å². The zero-order valence-electron chi connectivity index (χ0n) is 14.8. The summed E-state index contributed by atoms with van der Waals surface area (Å²) in [4.78, 5) is 28.5. The number of rotatable bonds is 3. The SMILES string of the molecule is Cc1ccc(C(=O)N2CCC(NC(=O)N3CCC[C@@H]3CO)CC2)cc1. The van der Waals surface area contributed by atoms with Gasteiger partial charge in [-0.05, 0) is 44.7 Å². The predicted molar refractivity (Wildman–Crippen MR) is 95.5 cm³/mol. The zero-order chi connectivity index (χ0) is 17.8. The number of urea groups is 1. The van der Waals surface area contributed by atoms with Crippen LogP contribution in [0.25, 0.3) is 0 Å². The van der Waals surface area contributed by atoms with Crippen molar-refractivity contribution in [2.75, 3.05) is 26.2 Å². The summed E-state index contributed by atoms with van der Waals surface area (Å²) in [5.41, 5.74) is 1.86. The second-order valence-electron chi connectivity index (χ2n) is 7.05. The quantitative estimate of drug-likeness (QED) is 0.877. The zero-order valence-corrected chi connectivity index (χ0v) is 14.8. The number of piperidine rings is 1. The Bertz CT molecular complexity index is 609. The molecular formula is C19H27N3O3. The fraction of sp³-hybridized carbons (Fsp3) is 0.579. The number of amides is 3. The van der Waals surface area contributed by atoms with Crippen molar-refractivity contribution in [1.29, 1.82) is 0 Å². The van der Waals surface area contributed by atoms with Gasteiger partial charge in [0, 0.05) is 31.2 Å². The molecule has 6 heteroatoms. The molecule has 6 nitrogen and oxygen atoms in total. The van der Waals surface area contributed by atoms with E-state index in [4.69, 9.17) is 0 Å². The molecule has 0 aromatic heterocycles. The first-order valence-corrected chi connectivity index (χ1v) is 9.12. The lowest BCUT2D eigenvalue weighted by Crippen LogP contribution is -2.51. The smallest absolute Gasteiger partial charge is 0.317 e. The number of likely N-dealkylation sites (tertiary alicyclic amines) is 2. The van der Waals surface area contributed by atoms with Gasteiger partial charge in [0.25, 0.3) is 5.91 Å². The summed E-state index contributed by atoms with van der Waals surface area (Å²) in [5, 5.41) is 12.4. The Hall–Kier alpha value is -2.08. The Balaban J connectivity index is 1.49. The average molecular weight is 345 g/mol. The van der Waals surface area contributed by atoms with Gasteiger partial charge in [0.15, 0.2) is 0 Å². The molecule has 0 radical (unpaired) electrons. The molecule has 2 saturated heterocycles. The average Bonchev–Trinajstić information content (AvgIpc) is 3.11. The normalized spacial score (nSPS) is 21.4. The lowest BCUT2D eigenvalue weighted by molar-refractivity contribution is 0.0705. The van der Waals surface area contributed by atoms with Gasteiger partial charge < -0.3 is 20.2 Å². The minimum atomic E-state index is -0.0835. The van der Waals surface area contributed by atoms with Crippen LogP contribution in [-0.4, -0.2) is 65.2 Å². The highest BCUT2D eigenvalue weighted by Gasteiger charge is 2.30. The second kappa shape index (κ2) is 7.87. The Morgan fingerprint density at radius 2 is 1.80 bits per heavy atom. The minimum Gasteiger partial charge on any atom is -0.394 e. The number of nitrogens with zero attached hydrogens (tertiary/aromatic N) is 2. The predicted octanol–water partition coefficient (Wildman–Crippen LogP) is 1.77. The van der Waals surface area contributed by atoms with Gasteiger partial charge >= 0.3 is 6.03 Å². The molecule has 2 aliphatic rings. The fourth-order valence-corrected chi connectivity index (χ4v) is 3.66. The van der Waals surface area contributed by atoms with Gasteiger partial charge in [-0.2, -0.15) is 0 Å². The summed E-state index contributed by atoms with van der Waals surface area (Å²) in [6.07, 6.45) is 3.34. The van der Waals surface area contributed by atoms with E-state index in [2.05, 4.69) is 5.32 Å². The molecule has 2 fully saturated rings. The van der Waals surface area contributed by atoms with Gasteiger partial charge in [-0.1, -0.05) is 17.7 Å². The molecule has 0 spiro atoms. The highest BCUT2D eigenvalue weighted by atomic mass is 16.3. The molecule has 2 aliphatic heterocycles. The summed E-state index contributed by atoms with van der Waals surface area (Å²) in [6, 6.07) is 7.60. The summed E-state index contributed by atoms with van der Waals surface area (Å²) >= 11 is 0. The molecule has 3 rings (SSSR count). The molecule has 25 heavy (non-hydrogen) atoms. The van der Waals surface area contributed by atoms with Gasteiger partial charge in [0.05, 0.1) is 12.6 Å². The van der Waals surface area contributed by atoms with E-state index in [-0.39, 0.29) is 30.6 Å². The summed E-state index contributed by atoms with van der Waals surface area (Å²) in [5.74, 6) is 0.0599. The van der Waals surface area contributed by atoms with Gasteiger partial charge in [-0.3, -0.25) is 4.79 Å². The number of aryl methyl sites for hydroxylation is 1. The Labute approximate surface area is 148 Å². The van der Waals surface area contributed by atoms with Crippen molar-refractivity contribution in [3.8, 4) is 0 Å². The summed E-state index contributed by atoms with van der Waals surface area (Å²) in [7, 11) is 0. The van der Waals surface area contributed by atoms with E-state index in [1.807, 2.05) is 36.1 Å². The molecule has 1 atom stereocenters. The van der Waals surface area contributed by atoms with Crippen molar-refractivity contribution in [1.82, 2.24) is 15.1 Å². The molecule has 2 heterocycles. The molecule has 0 saturated carbocycles. The van der Waals surface area contributed by atoms with Crippen LogP contribution in [0.1, 0.15) is 41.6 Å². The summed E-state index contributed by atoms with van der Waals surface area (Å²) < 4.78 is 0. The first-order chi connectivity index (χ1) is 12.1. The standard InChI is InChI=1S/C19H27N3O3/c1-14-4-6-15(7-5-14)18(24)21-11-8-16(9-12-21)20-19(25)22-10-2-3-17(22)13-23/h4-7,16-17,23H,2-3,8-13H2,1H3,(H,20,25)/t17-/m1/s1. The van der Waals surface area contributed by atoms with Crippen LogP contribution in [0.5, 0.6) is 0 Å². The monoisotopic (exact) mass is 345 g/mol. The molecule has 1 aromatic carbocycles. The van der Waals surface area contributed by atoms with Crippen LogP contribution in [0.4, 0.5) is 4.79 Å². The molecular weight excluding hydrogens is 318 g/mol. The fourth-order valence-electron chi connectivity index (χ4n) is 3.66. The van der Waals surface area contributed by atoms with Gasteiger partial charge in [-0.15, -0.1) is 0 Å². The number of aliphatic hydroxyl groups excluding tert-OH is 1. The van der Waals surface area contributed by atoms with Gasteiger partial charge in [0.2, 0.25) is 0 Å². The number of benzene rings is 1. The van der Waals surface area contributed by atoms with Crippen molar-refractivity contribution >= 4 is 11.9 Å². The number of carbonyl (C=O) groups is 2. The van der Waals surface area contributed by atoms with E-state index in [1.165, 1.54) is 0 Å². The molecule has 0 bridgehead atoms. The van der Waals surface area contributed by atoms with Gasteiger partial charge in [0.1, 0.15) is 0 Å². The minimum absolute atomic E-state index is 0.0247. The van der Waals surface area contributed by atoms with Crippen LogP contribution >= 0.6 is 0 Å². The third-order valence-electron chi connectivity index (χ3n) is 5.26. The van der Waals surface area contributed by atoms with Crippen LogP contribution in [0, 0.1) is 6.92 Å². The molecule has 0 aliphatic carbocycles. The Morgan fingerprint density at radius 3 is 2.44 bits per heavy atom. The van der Waals surface area contributed by atoms with Crippen LogP contribution in [0.15, 0.2) is 24.3 Å². The molecule has 3 amide bonds. The number of aliphatic hydroxyl groups is 1.